The van der Waals surface area contributed by atoms with Crippen LogP contribution >= 0.6 is 11.6 Å². The maximum atomic E-state index is 15.3. The summed E-state index contributed by atoms with van der Waals surface area (Å²) in [6.07, 6.45) is 3.46. The van der Waals surface area contributed by atoms with Crippen molar-refractivity contribution in [3.8, 4) is 5.75 Å². The van der Waals surface area contributed by atoms with Crippen molar-refractivity contribution < 1.29 is 22.3 Å². The van der Waals surface area contributed by atoms with E-state index in [2.05, 4.69) is 9.55 Å². The molecular weight excluding hydrogens is 545 g/mol. The molecule has 0 saturated carbocycles. The minimum atomic E-state index is -3.36. The van der Waals surface area contributed by atoms with Gasteiger partial charge in [-0.15, -0.1) is 0 Å². The van der Waals surface area contributed by atoms with Gasteiger partial charge in [0.25, 0.3) is 5.91 Å². The quantitative estimate of drug-likeness (QED) is 0.446. The second-order valence-corrected chi connectivity index (χ2v) is 12.5. The number of amides is 1. The van der Waals surface area contributed by atoms with Gasteiger partial charge in [0.1, 0.15) is 29.3 Å². The molecule has 206 valence electrons. The molecule has 0 aliphatic carbocycles. The van der Waals surface area contributed by atoms with Crippen LogP contribution in [0.15, 0.2) is 30.3 Å². The fraction of sp³-hybridized carbons (Fsp3) is 0.444. The average molecular weight is 574 g/mol. The van der Waals surface area contributed by atoms with E-state index in [1.54, 1.807) is 29.2 Å². The van der Waals surface area contributed by atoms with Crippen LogP contribution < -0.4 is 9.04 Å². The summed E-state index contributed by atoms with van der Waals surface area (Å²) in [5, 5.41) is 0.289. The number of aromatic nitrogens is 3. The molecule has 0 radical (unpaired) electrons. The molecule has 1 amide bonds. The zero-order valence-electron chi connectivity index (χ0n) is 21.6. The standard InChI is InChI=1S/C27H29ClFN5O4S/c1-2-20-22(8-9-24(30-20)34-12-4-14-39(34,36)37)38-16-25(35)33-13-10-21-27(32-11-3-5-23(32)31-21)26(33)18-7-6-17(28)15-19(18)29/h6-9,15,26H,2-5,10-14,16H2,1H3. The third-order valence-electron chi connectivity index (χ3n) is 7.64. The van der Waals surface area contributed by atoms with Crippen molar-refractivity contribution >= 4 is 33.3 Å². The number of ether oxygens (including phenoxy) is 1. The molecule has 1 fully saturated rings. The van der Waals surface area contributed by atoms with Gasteiger partial charge in [0, 0.05) is 43.1 Å². The molecule has 39 heavy (non-hydrogen) atoms. The highest BCUT2D eigenvalue weighted by molar-refractivity contribution is 7.93. The Kier molecular flexibility index (Phi) is 6.74. The highest BCUT2D eigenvalue weighted by Crippen LogP contribution is 2.39. The summed E-state index contributed by atoms with van der Waals surface area (Å²) in [4.78, 5) is 24.6. The lowest BCUT2D eigenvalue weighted by Crippen LogP contribution is -2.44. The lowest BCUT2D eigenvalue weighted by molar-refractivity contribution is -0.135. The molecule has 0 N–H and O–H groups in total. The molecule has 12 heteroatoms. The first kappa shape index (κ1) is 26.1. The lowest BCUT2D eigenvalue weighted by atomic mass is 9.94. The Morgan fingerprint density at radius 3 is 2.72 bits per heavy atom. The Balaban J connectivity index is 1.27. The fourth-order valence-corrected chi connectivity index (χ4v) is 7.49. The van der Waals surface area contributed by atoms with Gasteiger partial charge in [-0.2, -0.15) is 0 Å². The third-order valence-corrected chi connectivity index (χ3v) is 9.72. The van der Waals surface area contributed by atoms with Gasteiger partial charge in [-0.25, -0.2) is 22.8 Å². The van der Waals surface area contributed by atoms with Crippen LogP contribution in [0.1, 0.15) is 54.3 Å². The Hall–Kier alpha value is -3.18. The Bertz CT molecular complexity index is 1560. The van der Waals surface area contributed by atoms with E-state index in [0.29, 0.717) is 55.2 Å². The van der Waals surface area contributed by atoms with Crippen LogP contribution in [-0.4, -0.2) is 59.2 Å². The van der Waals surface area contributed by atoms with Crippen molar-refractivity contribution in [1.29, 1.82) is 0 Å². The van der Waals surface area contributed by atoms with Crippen molar-refractivity contribution in [2.45, 2.75) is 51.6 Å². The zero-order valence-corrected chi connectivity index (χ0v) is 23.1. The second-order valence-electron chi connectivity index (χ2n) is 10.0. The summed E-state index contributed by atoms with van der Waals surface area (Å²) < 4.78 is 49.3. The minimum absolute atomic E-state index is 0.107. The molecule has 6 rings (SSSR count). The predicted octanol–water partition coefficient (Wildman–Crippen LogP) is 3.67. The number of rotatable bonds is 6. The largest absolute Gasteiger partial charge is 0.482 e. The van der Waals surface area contributed by atoms with Gasteiger partial charge in [-0.1, -0.05) is 24.6 Å². The van der Waals surface area contributed by atoms with E-state index in [4.69, 9.17) is 21.3 Å². The normalized spacial score (nSPS) is 19.7. The van der Waals surface area contributed by atoms with Crippen molar-refractivity contribution in [3.63, 3.8) is 0 Å². The molecule has 0 bridgehead atoms. The maximum Gasteiger partial charge on any atom is 0.261 e. The van der Waals surface area contributed by atoms with E-state index in [9.17, 15) is 13.2 Å². The summed E-state index contributed by atoms with van der Waals surface area (Å²) in [7, 11) is -3.36. The van der Waals surface area contributed by atoms with Gasteiger partial charge >= 0.3 is 0 Å². The van der Waals surface area contributed by atoms with E-state index < -0.39 is 21.9 Å². The van der Waals surface area contributed by atoms with Gasteiger partial charge < -0.3 is 14.2 Å². The second kappa shape index (κ2) is 10.1. The number of imidazole rings is 1. The number of halogens is 2. The highest BCUT2D eigenvalue weighted by Gasteiger charge is 2.39. The molecule has 1 aromatic carbocycles. The summed E-state index contributed by atoms with van der Waals surface area (Å²) >= 11 is 6.04. The van der Waals surface area contributed by atoms with E-state index in [-0.39, 0.29) is 23.3 Å². The first-order valence-electron chi connectivity index (χ1n) is 13.2. The Morgan fingerprint density at radius 1 is 1.13 bits per heavy atom. The first-order chi connectivity index (χ1) is 18.8. The van der Waals surface area contributed by atoms with Crippen LogP contribution in [0.25, 0.3) is 0 Å². The van der Waals surface area contributed by atoms with Crippen molar-refractivity contribution in [2.24, 2.45) is 0 Å². The number of anilines is 1. The molecule has 3 aromatic rings. The SMILES string of the molecule is CCc1nc(N2CCCS2(=O)=O)ccc1OCC(=O)N1CCc2nc3n(c2C1c1ccc(Cl)cc1F)CCC3. The average Bonchev–Trinajstić information content (AvgIpc) is 3.61. The summed E-state index contributed by atoms with van der Waals surface area (Å²) in [6.45, 7) is 3.19. The topological polar surface area (TPSA) is 97.6 Å². The van der Waals surface area contributed by atoms with Crippen LogP contribution in [0.5, 0.6) is 5.75 Å². The number of sulfonamides is 1. The number of carbonyl (C=O) groups excluding carboxylic acids is 1. The molecule has 0 spiro atoms. The van der Waals surface area contributed by atoms with Crippen LogP contribution in [0, 0.1) is 5.82 Å². The van der Waals surface area contributed by atoms with Crippen molar-refractivity contribution in [2.75, 3.05) is 29.8 Å². The molecule has 9 nitrogen and oxygen atoms in total. The monoisotopic (exact) mass is 573 g/mol. The molecule has 2 aromatic heterocycles. The predicted molar refractivity (Wildman–Crippen MR) is 144 cm³/mol. The zero-order chi connectivity index (χ0) is 27.3. The maximum absolute atomic E-state index is 15.3. The third kappa shape index (κ3) is 4.65. The van der Waals surface area contributed by atoms with Crippen LogP contribution in [0.4, 0.5) is 10.2 Å². The van der Waals surface area contributed by atoms with Gasteiger partial charge in [0.05, 0.1) is 22.8 Å². The van der Waals surface area contributed by atoms with E-state index in [0.717, 1.165) is 36.6 Å². The summed E-state index contributed by atoms with van der Waals surface area (Å²) in [5.41, 5.74) is 2.70. The smallest absolute Gasteiger partial charge is 0.261 e. The number of nitrogens with zero attached hydrogens (tertiary/aromatic N) is 5. The van der Waals surface area contributed by atoms with E-state index in [1.807, 2.05) is 6.92 Å². The van der Waals surface area contributed by atoms with Gasteiger partial charge in [-0.3, -0.25) is 9.10 Å². The molecule has 1 saturated heterocycles. The molecule has 3 aliphatic rings. The highest BCUT2D eigenvalue weighted by atomic mass is 35.5. The number of fused-ring (bicyclic) bond motifs is 3. The van der Waals surface area contributed by atoms with Crippen LogP contribution in [0.3, 0.4) is 0 Å². The summed E-state index contributed by atoms with van der Waals surface area (Å²) in [6, 6.07) is 7.17. The number of benzene rings is 1. The number of aryl methyl sites for hydroxylation is 2. The fourth-order valence-electron chi connectivity index (χ4n) is 5.82. The molecule has 5 heterocycles. The van der Waals surface area contributed by atoms with Crippen molar-refractivity contribution in [3.05, 3.63) is 69.6 Å². The number of hydrogen-bond acceptors (Lipinski definition) is 6. The van der Waals surface area contributed by atoms with E-state index >= 15 is 4.39 Å². The van der Waals surface area contributed by atoms with Crippen molar-refractivity contribution in [1.82, 2.24) is 19.4 Å². The van der Waals surface area contributed by atoms with Crippen LogP contribution in [-0.2, 0) is 40.6 Å². The number of carbonyl (C=O) groups is 1. The Labute approximate surface area is 231 Å². The van der Waals surface area contributed by atoms with Gasteiger partial charge in [0.15, 0.2) is 6.61 Å². The van der Waals surface area contributed by atoms with Gasteiger partial charge in [-0.05, 0) is 43.5 Å². The van der Waals surface area contributed by atoms with Gasteiger partial charge in [0.2, 0.25) is 10.0 Å². The molecular formula is C27H29ClFN5O4S. The summed E-state index contributed by atoms with van der Waals surface area (Å²) in [5.74, 6) is 1.10. The number of hydrogen-bond donors (Lipinski definition) is 0. The first-order valence-corrected chi connectivity index (χ1v) is 15.2. The Morgan fingerprint density at radius 2 is 1.97 bits per heavy atom. The van der Waals surface area contributed by atoms with Crippen LogP contribution in [0.2, 0.25) is 5.02 Å². The molecule has 1 unspecified atom stereocenters. The molecule has 3 aliphatic heterocycles. The lowest BCUT2D eigenvalue weighted by Gasteiger charge is -2.36. The van der Waals surface area contributed by atoms with E-state index in [1.165, 1.54) is 10.4 Å². The molecule has 1 atom stereocenters. The number of pyridine rings is 1. The minimum Gasteiger partial charge on any atom is -0.482 e.